The van der Waals surface area contributed by atoms with Gasteiger partial charge in [0.2, 0.25) is 11.6 Å². The van der Waals surface area contributed by atoms with Crippen LogP contribution in [0.1, 0.15) is 6.42 Å². The minimum absolute atomic E-state index is 0.0924. The lowest BCUT2D eigenvalue weighted by atomic mass is 10.2. The van der Waals surface area contributed by atoms with Gasteiger partial charge in [0.15, 0.2) is 0 Å². The molecule has 2 N–H and O–H groups in total. The van der Waals surface area contributed by atoms with E-state index >= 15 is 0 Å². The highest BCUT2D eigenvalue weighted by Gasteiger charge is 2.25. The largest absolute Gasteiger partial charge is 0.364 e. The number of nitro groups is 1. The van der Waals surface area contributed by atoms with E-state index in [1.807, 2.05) is 71.4 Å². The number of imidazole rings is 1. The third-order valence-corrected chi connectivity index (χ3v) is 4.70. The molecule has 0 aliphatic heterocycles. The SMILES string of the molecule is O=[N+]([O-])c1c(NCCCn2ccnc2)ncnc1NN(c1ccccc1)c1ccccc1. The Morgan fingerprint density at radius 1 is 0.969 bits per heavy atom. The minimum Gasteiger partial charge on any atom is -0.364 e. The topological polar surface area (TPSA) is 114 Å². The van der Waals surface area contributed by atoms with Crippen LogP contribution in [-0.2, 0) is 6.54 Å². The van der Waals surface area contributed by atoms with Crippen LogP contribution in [0, 0.1) is 10.1 Å². The van der Waals surface area contributed by atoms with E-state index in [1.54, 1.807) is 17.5 Å². The highest BCUT2D eigenvalue weighted by molar-refractivity contribution is 5.74. The first-order valence-electron chi connectivity index (χ1n) is 10.1. The van der Waals surface area contributed by atoms with Gasteiger partial charge in [-0.15, -0.1) is 0 Å². The Morgan fingerprint density at radius 2 is 1.62 bits per heavy atom. The van der Waals surface area contributed by atoms with E-state index in [0.29, 0.717) is 6.54 Å². The van der Waals surface area contributed by atoms with Crippen molar-refractivity contribution in [2.24, 2.45) is 0 Å². The van der Waals surface area contributed by atoms with Crippen molar-refractivity contribution in [3.05, 3.63) is 95.8 Å². The molecule has 0 unspecified atom stereocenters. The lowest BCUT2D eigenvalue weighted by Gasteiger charge is -2.26. The Kier molecular flexibility index (Phi) is 6.51. The molecule has 2 aromatic carbocycles. The van der Waals surface area contributed by atoms with E-state index in [1.165, 1.54) is 6.33 Å². The summed E-state index contributed by atoms with van der Waals surface area (Å²) in [5, 5.41) is 16.7. The van der Waals surface area contributed by atoms with Gasteiger partial charge in [-0.2, -0.15) is 0 Å². The van der Waals surface area contributed by atoms with E-state index in [-0.39, 0.29) is 17.3 Å². The van der Waals surface area contributed by atoms with Crippen molar-refractivity contribution in [1.29, 1.82) is 0 Å². The molecule has 32 heavy (non-hydrogen) atoms. The Labute approximate surface area is 184 Å². The van der Waals surface area contributed by atoms with Crippen LogP contribution in [-0.4, -0.2) is 31.0 Å². The van der Waals surface area contributed by atoms with Crippen LogP contribution in [0.25, 0.3) is 0 Å². The Morgan fingerprint density at radius 3 is 2.22 bits per heavy atom. The van der Waals surface area contributed by atoms with Gasteiger partial charge in [0.05, 0.1) is 22.6 Å². The summed E-state index contributed by atoms with van der Waals surface area (Å²) >= 11 is 0. The predicted molar refractivity (Wildman–Crippen MR) is 123 cm³/mol. The molecule has 162 valence electrons. The molecular formula is C22H22N8O2. The minimum atomic E-state index is -0.477. The second-order valence-electron chi connectivity index (χ2n) is 6.88. The molecule has 2 heterocycles. The molecule has 4 aromatic rings. The second-order valence-corrected chi connectivity index (χ2v) is 6.88. The lowest BCUT2D eigenvalue weighted by molar-refractivity contribution is -0.383. The monoisotopic (exact) mass is 430 g/mol. The maximum Gasteiger partial charge on any atom is 0.354 e. The zero-order valence-electron chi connectivity index (χ0n) is 17.2. The van der Waals surface area contributed by atoms with Crippen LogP contribution in [0.4, 0.5) is 28.7 Å². The fraction of sp³-hybridized carbons (Fsp3) is 0.136. The van der Waals surface area contributed by atoms with Gasteiger partial charge in [-0.05, 0) is 30.7 Å². The molecule has 4 rings (SSSR count). The molecular weight excluding hydrogens is 408 g/mol. The van der Waals surface area contributed by atoms with Crippen LogP contribution >= 0.6 is 0 Å². The summed E-state index contributed by atoms with van der Waals surface area (Å²) in [6.45, 7) is 1.25. The van der Waals surface area contributed by atoms with Gasteiger partial charge < -0.3 is 9.88 Å². The van der Waals surface area contributed by atoms with E-state index in [0.717, 1.165) is 24.3 Å². The average molecular weight is 430 g/mol. The van der Waals surface area contributed by atoms with Crippen molar-refractivity contribution >= 4 is 28.7 Å². The molecule has 0 aliphatic carbocycles. The van der Waals surface area contributed by atoms with Crippen molar-refractivity contribution in [1.82, 2.24) is 19.5 Å². The third kappa shape index (κ3) is 4.98. The molecule has 0 saturated heterocycles. The van der Waals surface area contributed by atoms with Crippen LogP contribution in [0.3, 0.4) is 0 Å². The van der Waals surface area contributed by atoms with Crippen LogP contribution in [0.2, 0.25) is 0 Å². The predicted octanol–water partition coefficient (Wildman–Crippen LogP) is 4.25. The van der Waals surface area contributed by atoms with Crippen LogP contribution in [0.5, 0.6) is 0 Å². The average Bonchev–Trinajstić information content (AvgIpc) is 3.35. The number of aromatic nitrogens is 4. The summed E-state index contributed by atoms with van der Waals surface area (Å²) in [7, 11) is 0. The summed E-state index contributed by atoms with van der Waals surface area (Å²) in [6, 6.07) is 19.0. The normalized spacial score (nSPS) is 10.5. The Bertz CT molecular complexity index is 1100. The van der Waals surface area contributed by atoms with E-state index in [9.17, 15) is 10.1 Å². The number of aryl methyl sites for hydroxylation is 1. The zero-order chi connectivity index (χ0) is 22.2. The van der Waals surface area contributed by atoms with Gasteiger partial charge in [0.25, 0.3) is 0 Å². The first-order valence-corrected chi connectivity index (χ1v) is 10.1. The first-order chi connectivity index (χ1) is 15.7. The highest BCUT2D eigenvalue weighted by Crippen LogP contribution is 2.32. The highest BCUT2D eigenvalue weighted by atomic mass is 16.6. The number of anilines is 4. The summed E-state index contributed by atoms with van der Waals surface area (Å²) in [5.41, 5.74) is 4.50. The van der Waals surface area contributed by atoms with E-state index in [2.05, 4.69) is 25.7 Å². The molecule has 0 fully saturated rings. The van der Waals surface area contributed by atoms with Crippen molar-refractivity contribution in [3.8, 4) is 0 Å². The van der Waals surface area contributed by atoms with Crippen LogP contribution in [0.15, 0.2) is 85.7 Å². The number of hydrogen-bond acceptors (Lipinski definition) is 8. The van der Waals surface area contributed by atoms with Gasteiger partial charge >= 0.3 is 5.69 Å². The number of hydrazine groups is 1. The van der Waals surface area contributed by atoms with E-state index in [4.69, 9.17) is 0 Å². The lowest BCUT2D eigenvalue weighted by Crippen LogP contribution is -2.26. The molecule has 0 aliphatic rings. The van der Waals surface area contributed by atoms with Gasteiger partial charge in [-0.3, -0.25) is 20.5 Å². The fourth-order valence-corrected chi connectivity index (χ4v) is 3.19. The molecule has 0 saturated carbocycles. The standard InChI is InChI=1S/C22H22N8O2/c31-30(32)20-21(24-12-7-14-28-15-13-23-17-28)25-16-26-22(20)27-29(18-8-3-1-4-9-18)19-10-5-2-6-11-19/h1-6,8-11,13,15-17H,7,12,14H2,(H2,24,25,26,27). The summed E-state index contributed by atoms with van der Waals surface area (Å²) in [5.74, 6) is 0.258. The number of rotatable bonds is 10. The van der Waals surface area contributed by atoms with Crippen LogP contribution < -0.4 is 15.8 Å². The Hall–Kier alpha value is -4.47. The van der Waals surface area contributed by atoms with E-state index < -0.39 is 4.92 Å². The number of benzene rings is 2. The smallest absolute Gasteiger partial charge is 0.354 e. The molecule has 10 nitrogen and oxygen atoms in total. The quantitative estimate of drug-likeness (QED) is 0.218. The number of nitrogens with zero attached hydrogens (tertiary/aromatic N) is 6. The summed E-state index contributed by atoms with van der Waals surface area (Å²) in [6.07, 6.45) is 7.38. The van der Waals surface area contributed by atoms with Crippen molar-refractivity contribution in [2.75, 3.05) is 22.3 Å². The van der Waals surface area contributed by atoms with Gasteiger partial charge in [0.1, 0.15) is 6.33 Å². The van der Waals surface area contributed by atoms with Crippen molar-refractivity contribution < 1.29 is 4.92 Å². The zero-order valence-corrected chi connectivity index (χ0v) is 17.2. The van der Waals surface area contributed by atoms with Gasteiger partial charge in [-0.1, -0.05) is 36.4 Å². The molecule has 10 heteroatoms. The molecule has 2 aromatic heterocycles. The molecule has 0 radical (unpaired) electrons. The number of nitrogens with one attached hydrogen (secondary N) is 2. The number of para-hydroxylation sites is 2. The maximum atomic E-state index is 11.9. The van der Waals surface area contributed by atoms with Gasteiger partial charge in [-0.25, -0.2) is 15.0 Å². The van der Waals surface area contributed by atoms with Gasteiger partial charge in [0, 0.05) is 25.5 Å². The second kappa shape index (κ2) is 10.0. The molecule has 0 atom stereocenters. The molecule has 0 bridgehead atoms. The summed E-state index contributed by atoms with van der Waals surface area (Å²) < 4.78 is 1.95. The van der Waals surface area contributed by atoms with Crippen molar-refractivity contribution in [3.63, 3.8) is 0 Å². The Balaban J connectivity index is 1.57. The molecule has 0 amide bonds. The maximum absolute atomic E-state index is 11.9. The number of hydrogen-bond donors (Lipinski definition) is 2. The fourth-order valence-electron chi connectivity index (χ4n) is 3.19. The first kappa shape index (κ1) is 20.8. The summed E-state index contributed by atoms with van der Waals surface area (Å²) in [4.78, 5) is 23.7. The van der Waals surface area contributed by atoms with Crippen molar-refractivity contribution in [2.45, 2.75) is 13.0 Å². The molecule has 0 spiro atoms. The third-order valence-electron chi connectivity index (χ3n) is 4.70.